The topological polar surface area (TPSA) is 17.1 Å². The molecule has 0 aromatic rings. The van der Waals surface area contributed by atoms with Gasteiger partial charge in [0.2, 0.25) is 0 Å². The van der Waals surface area contributed by atoms with Crippen LogP contribution in [0.25, 0.3) is 0 Å². The van der Waals surface area contributed by atoms with Gasteiger partial charge in [0.15, 0.2) is 0 Å². The van der Waals surface area contributed by atoms with Crippen LogP contribution >= 0.6 is 23.5 Å². The lowest BCUT2D eigenvalue weighted by Gasteiger charge is -2.18. The molecular weight excluding hydrogens is 164 g/mol. The highest BCUT2D eigenvalue weighted by molar-refractivity contribution is 8.07. The summed E-state index contributed by atoms with van der Waals surface area (Å²) in [5.74, 6) is 3.84. The quantitative estimate of drug-likeness (QED) is 0.639. The number of Topliss-reactive ketones (excluding diaryl/α,β-unsaturated/α-hetero) is 1. The molecule has 0 radical (unpaired) electrons. The van der Waals surface area contributed by atoms with Crippen molar-refractivity contribution in [1.82, 2.24) is 0 Å². The van der Waals surface area contributed by atoms with Gasteiger partial charge in [0.25, 0.3) is 0 Å². The van der Waals surface area contributed by atoms with Crippen LogP contribution < -0.4 is 0 Å². The van der Waals surface area contributed by atoms with Crippen LogP contribution in [0.2, 0.25) is 0 Å². The van der Waals surface area contributed by atoms with Gasteiger partial charge in [-0.1, -0.05) is 6.92 Å². The van der Waals surface area contributed by atoms with Crippen LogP contribution in [0.15, 0.2) is 0 Å². The summed E-state index contributed by atoms with van der Waals surface area (Å²) < 4.78 is 0. The van der Waals surface area contributed by atoms with E-state index in [0.717, 1.165) is 11.5 Å². The number of hydrogen-bond donors (Lipinski definition) is 0. The predicted octanol–water partition coefficient (Wildman–Crippen LogP) is 1.81. The average molecular weight is 176 g/mol. The Morgan fingerprint density at radius 1 is 1.60 bits per heavy atom. The van der Waals surface area contributed by atoms with Gasteiger partial charge >= 0.3 is 0 Å². The van der Waals surface area contributed by atoms with E-state index in [1.54, 1.807) is 0 Å². The first kappa shape index (κ1) is 8.47. The average Bonchev–Trinajstić information content (AvgIpc) is 2.05. The predicted molar refractivity (Wildman–Crippen MR) is 48.9 cm³/mol. The van der Waals surface area contributed by atoms with E-state index >= 15 is 0 Å². The third-order valence-electron chi connectivity index (χ3n) is 1.52. The van der Waals surface area contributed by atoms with Crippen LogP contribution in [-0.4, -0.2) is 28.3 Å². The molecule has 1 heterocycles. The highest BCUT2D eigenvalue weighted by atomic mass is 32.2. The summed E-state index contributed by atoms with van der Waals surface area (Å²) in [4.78, 5) is 11.1. The summed E-state index contributed by atoms with van der Waals surface area (Å²) in [6.45, 7) is 1.95. The standard InChI is InChI=1S/C7H12OS2/c1-2-6(8)7-5-9-3-4-10-7/h7H,2-5H2,1H3. The third-order valence-corrected chi connectivity index (χ3v) is 4.33. The Labute approximate surface area is 70.3 Å². The van der Waals surface area contributed by atoms with Gasteiger partial charge in [-0.05, 0) is 0 Å². The number of carbonyl (C=O) groups excluding carboxylic acids is 1. The monoisotopic (exact) mass is 176 g/mol. The Hall–Kier alpha value is 0.370. The summed E-state index contributed by atoms with van der Waals surface area (Å²) in [6, 6.07) is 0. The maximum atomic E-state index is 11.1. The molecule has 1 aliphatic rings. The fraction of sp³-hybridized carbons (Fsp3) is 0.857. The third kappa shape index (κ3) is 2.20. The van der Waals surface area contributed by atoms with Crippen molar-refractivity contribution < 1.29 is 4.79 Å². The minimum Gasteiger partial charge on any atom is -0.298 e. The van der Waals surface area contributed by atoms with Crippen molar-refractivity contribution in [2.24, 2.45) is 0 Å². The second-order valence-electron chi connectivity index (χ2n) is 2.25. The first-order valence-electron chi connectivity index (χ1n) is 3.56. The van der Waals surface area contributed by atoms with Gasteiger partial charge in [0.1, 0.15) is 5.78 Å². The van der Waals surface area contributed by atoms with Crippen LogP contribution in [0, 0.1) is 0 Å². The number of carbonyl (C=O) groups is 1. The normalized spacial score (nSPS) is 26.3. The highest BCUT2D eigenvalue weighted by Gasteiger charge is 2.19. The summed E-state index contributed by atoms with van der Waals surface area (Å²) >= 11 is 3.73. The molecule has 0 aromatic carbocycles. The maximum absolute atomic E-state index is 11.1. The highest BCUT2D eigenvalue weighted by Crippen LogP contribution is 2.25. The smallest absolute Gasteiger partial charge is 0.146 e. The molecule has 1 rings (SSSR count). The molecule has 0 aliphatic carbocycles. The number of thioether (sulfide) groups is 2. The molecule has 0 saturated carbocycles. The van der Waals surface area contributed by atoms with Gasteiger partial charge in [0, 0.05) is 23.7 Å². The molecule has 1 nitrogen and oxygen atoms in total. The van der Waals surface area contributed by atoms with E-state index in [1.807, 2.05) is 30.4 Å². The molecule has 58 valence electrons. The first-order valence-corrected chi connectivity index (χ1v) is 5.77. The van der Waals surface area contributed by atoms with Crippen molar-refractivity contribution >= 4 is 29.3 Å². The second-order valence-corrected chi connectivity index (χ2v) is 4.71. The van der Waals surface area contributed by atoms with Crippen molar-refractivity contribution in [1.29, 1.82) is 0 Å². The van der Waals surface area contributed by atoms with Crippen molar-refractivity contribution in [2.75, 3.05) is 17.3 Å². The maximum Gasteiger partial charge on any atom is 0.146 e. The lowest BCUT2D eigenvalue weighted by Crippen LogP contribution is -2.23. The fourth-order valence-corrected chi connectivity index (χ4v) is 3.63. The molecular formula is C7H12OS2. The van der Waals surface area contributed by atoms with E-state index in [4.69, 9.17) is 0 Å². The lowest BCUT2D eigenvalue weighted by molar-refractivity contribution is -0.117. The van der Waals surface area contributed by atoms with Crippen LogP contribution in [0.5, 0.6) is 0 Å². The molecule has 0 N–H and O–H groups in total. The van der Waals surface area contributed by atoms with Gasteiger partial charge in [-0.2, -0.15) is 11.8 Å². The molecule has 0 spiro atoms. The summed E-state index contributed by atoms with van der Waals surface area (Å²) in [5, 5.41) is 0.309. The minimum absolute atomic E-state index is 0.309. The van der Waals surface area contributed by atoms with Crippen molar-refractivity contribution in [3.8, 4) is 0 Å². The van der Waals surface area contributed by atoms with Crippen LogP contribution in [-0.2, 0) is 4.79 Å². The Morgan fingerprint density at radius 3 is 2.90 bits per heavy atom. The number of ketones is 1. The first-order chi connectivity index (χ1) is 4.84. The van der Waals surface area contributed by atoms with Crippen LogP contribution in [0.1, 0.15) is 13.3 Å². The molecule has 10 heavy (non-hydrogen) atoms. The summed E-state index contributed by atoms with van der Waals surface area (Å²) in [7, 11) is 0. The fourth-order valence-electron chi connectivity index (χ4n) is 0.901. The molecule has 0 bridgehead atoms. The summed E-state index contributed by atoms with van der Waals surface area (Å²) in [5.41, 5.74) is 0. The van der Waals surface area contributed by atoms with E-state index < -0.39 is 0 Å². The van der Waals surface area contributed by atoms with Crippen LogP contribution in [0.3, 0.4) is 0 Å². The Morgan fingerprint density at radius 2 is 2.40 bits per heavy atom. The van der Waals surface area contributed by atoms with E-state index in [1.165, 1.54) is 5.75 Å². The zero-order valence-corrected chi connectivity index (χ0v) is 7.76. The molecule has 1 saturated heterocycles. The van der Waals surface area contributed by atoms with Gasteiger partial charge in [-0.3, -0.25) is 4.79 Å². The second kappa shape index (κ2) is 4.29. The number of rotatable bonds is 2. The Kier molecular flexibility index (Phi) is 3.63. The molecule has 0 aromatic heterocycles. The zero-order chi connectivity index (χ0) is 7.40. The van der Waals surface area contributed by atoms with E-state index in [0.29, 0.717) is 17.5 Å². The largest absolute Gasteiger partial charge is 0.298 e. The van der Waals surface area contributed by atoms with E-state index in [-0.39, 0.29) is 0 Å². The molecule has 1 aliphatic heterocycles. The van der Waals surface area contributed by atoms with E-state index in [9.17, 15) is 4.79 Å². The lowest BCUT2D eigenvalue weighted by atomic mass is 10.2. The van der Waals surface area contributed by atoms with Gasteiger partial charge in [-0.25, -0.2) is 0 Å². The molecule has 1 fully saturated rings. The van der Waals surface area contributed by atoms with E-state index in [2.05, 4.69) is 0 Å². The molecule has 0 amide bonds. The van der Waals surface area contributed by atoms with Gasteiger partial charge in [0.05, 0.1) is 5.25 Å². The Bertz CT molecular complexity index is 119. The van der Waals surface area contributed by atoms with Gasteiger partial charge < -0.3 is 0 Å². The Balaban J connectivity index is 2.31. The van der Waals surface area contributed by atoms with Crippen molar-refractivity contribution in [3.63, 3.8) is 0 Å². The zero-order valence-electron chi connectivity index (χ0n) is 6.13. The molecule has 1 atom stereocenters. The summed E-state index contributed by atoms with van der Waals surface area (Å²) in [6.07, 6.45) is 0.707. The minimum atomic E-state index is 0.309. The van der Waals surface area contributed by atoms with Crippen molar-refractivity contribution in [2.45, 2.75) is 18.6 Å². The van der Waals surface area contributed by atoms with Crippen LogP contribution in [0.4, 0.5) is 0 Å². The van der Waals surface area contributed by atoms with Crippen molar-refractivity contribution in [3.05, 3.63) is 0 Å². The molecule has 1 unspecified atom stereocenters. The number of hydrogen-bond acceptors (Lipinski definition) is 3. The van der Waals surface area contributed by atoms with Gasteiger partial charge in [-0.15, -0.1) is 11.8 Å². The SMILES string of the molecule is CCC(=O)C1CSCCS1. The molecule has 3 heteroatoms.